The Balaban J connectivity index is 1.76. The number of sulfonamides is 1. The van der Waals surface area contributed by atoms with E-state index >= 15 is 0 Å². The molecule has 8 nitrogen and oxygen atoms in total. The topological polar surface area (TPSA) is 106 Å². The Morgan fingerprint density at radius 3 is 2.50 bits per heavy atom. The summed E-state index contributed by atoms with van der Waals surface area (Å²) in [6.45, 7) is 0. The SMILES string of the molecule is O=C(Nc1ncn(C2CCCCC2)n1)c1ccccc1NS(=O)(=O)C(F)(F)F. The molecule has 1 amide bonds. The van der Waals surface area contributed by atoms with Gasteiger partial charge in [0, 0.05) is 0 Å². The molecule has 0 saturated heterocycles. The van der Waals surface area contributed by atoms with E-state index in [-0.39, 0.29) is 17.6 Å². The van der Waals surface area contributed by atoms with Gasteiger partial charge in [-0.15, -0.1) is 5.10 Å². The maximum Gasteiger partial charge on any atom is 0.516 e. The smallest absolute Gasteiger partial charge is 0.289 e. The lowest BCUT2D eigenvalue weighted by Crippen LogP contribution is -2.31. The number of carbonyl (C=O) groups is 1. The molecule has 2 aromatic rings. The van der Waals surface area contributed by atoms with Gasteiger partial charge in [-0.05, 0) is 25.0 Å². The Morgan fingerprint density at radius 2 is 1.82 bits per heavy atom. The number of halogens is 3. The minimum absolute atomic E-state index is 0.0101. The van der Waals surface area contributed by atoms with Crippen LogP contribution in [0.1, 0.15) is 48.5 Å². The monoisotopic (exact) mass is 417 g/mol. The standard InChI is InChI=1S/C16H18F3N5O3S/c17-16(18,19)28(26,27)23-13-9-5-4-8-12(13)14(25)21-15-20-10-24(22-15)11-6-2-1-3-7-11/h4-5,8-11,23H,1-3,6-7H2,(H,21,22,25). The molecule has 1 aromatic carbocycles. The number of para-hydroxylation sites is 1. The van der Waals surface area contributed by atoms with Gasteiger partial charge in [-0.25, -0.2) is 9.67 Å². The van der Waals surface area contributed by atoms with Gasteiger partial charge in [0.25, 0.3) is 5.91 Å². The summed E-state index contributed by atoms with van der Waals surface area (Å²) in [6, 6.07) is 5.15. The van der Waals surface area contributed by atoms with Crippen molar-refractivity contribution in [2.75, 3.05) is 10.0 Å². The first-order chi connectivity index (χ1) is 13.2. The minimum Gasteiger partial charge on any atom is -0.289 e. The highest BCUT2D eigenvalue weighted by Gasteiger charge is 2.46. The van der Waals surface area contributed by atoms with E-state index in [1.807, 2.05) is 0 Å². The number of amides is 1. The number of hydrogen-bond donors (Lipinski definition) is 2. The molecule has 28 heavy (non-hydrogen) atoms. The highest BCUT2D eigenvalue weighted by Crippen LogP contribution is 2.28. The van der Waals surface area contributed by atoms with Crippen molar-refractivity contribution in [3.8, 4) is 0 Å². The molecule has 2 N–H and O–H groups in total. The Morgan fingerprint density at radius 1 is 1.14 bits per heavy atom. The van der Waals surface area contributed by atoms with Crippen molar-refractivity contribution in [1.29, 1.82) is 0 Å². The normalized spacial score (nSPS) is 16.0. The third kappa shape index (κ3) is 4.43. The molecule has 1 saturated carbocycles. The third-order valence-electron chi connectivity index (χ3n) is 4.40. The largest absolute Gasteiger partial charge is 0.516 e. The van der Waals surface area contributed by atoms with E-state index in [0.717, 1.165) is 31.7 Å². The van der Waals surface area contributed by atoms with E-state index in [1.54, 1.807) is 4.68 Å². The third-order valence-corrected chi connectivity index (χ3v) is 5.50. The van der Waals surface area contributed by atoms with Crippen LogP contribution in [0.15, 0.2) is 30.6 Å². The number of hydrogen-bond acceptors (Lipinski definition) is 5. The Bertz CT molecular complexity index is 952. The first-order valence-electron chi connectivity index (χ1n) is 8.58. The van der Waals surface area contributed by atoms with Crippen LogP contribution in [-0.4, -0.2) is 34.6 Å². The molecule has 152 valence electrons. The summed E-state index contributed by atoms with van der Waals surface area (Å²) >= 11 is 0. The Labute approximate surface area is 159 Å². The van der Waals surface area contributed by atoms with Gasteiger partial charge in [0.1, 0.15) is 6.33 Å². The van der Waals surface area contributed by atoms with Gasteiger partial charge in [0.2, 0.25) is 5.95 Å². The highest BCUT2D eigenvalue weighted by molar-refractivity contribution is 7.93. The van der Waals surface area contributed by atoms with Crippen molar-refractivity contribution >= 4 is 27.6 Å². The van der Waals surface area contributed by atoms with Crippen LogP contribution in [0.4, 0.5) is 24.8 Å². The Kier molecular flexibility index (Phi) is 5.59. The lowest BCUT2D eigenvalue weighted by atomic mass is 9.96. The highest BCUT2D eigenvalue weighted by atomic mass is 32.2. The summed E-state index contributed by atoms with van der Waals surface area (Å²) in [4.78, 5) is 16.4. The molecular weight excluding hydrogens is 399 g/mol. The zero-order chi connectivity index (χ0) is 20.4. The molecule has 0 unspecified atom stereocenters. The minimum atomic E-state index is -5.66. The molecule has 0 aliphatic heterocycles. The van der Waals surface area contributed by atoms with E-state index in [4.69, 9.17) is 0 Å². The van der Waals surface area contributed by atoms with Crippen molar-refractivity contribution in [2.45, 2.75) is 43.7 Å². The number of aromatic nitrogens is 3. The van der Waals surface area contributed by atoms with Crippen molar-refractivity contribution in [2.24, 2.45) is 0 Å². The van der Waals surface area contributed by atoms with Crippen LogP contribution < -0.4 is 10.0 Å². The predicted octanol–water partition coefficient (Wildman–Crippen LogP) is 3.30. The number of nitrogens with one attached hydrogen (secondary N) is 2. The summed E-state index contributed by atoms with van der Waals surface area (Å²) in [5.41, 5.74) is -6.29. The van der Waals surface area contributed by atoms with Crippen LogP contribution in [0, 0.1) is 0 Å². The van der Waals surface area contributed by atoms with Crippen LogP contribution in [0.3, 0.4) is 0 Å². The van der Waals surface area contributed by atoms with Gasteiger partial charge in [-0.1, -0.05) is 31.4 Å². The molecule has 3 rings (SSSR count). The summed E-state index contributed by atoms with van der Waals surface area (Å²) in [7, 11) is -5.66. The first kappa shape index (κ1) is 20.1. The van der Waals surface area contributed by atoms with Crippen LogP contribution in [-0.2, 0) is 10.0 Å². The van der Waals surface area contributed by atoms with Crippen molar-refractivity contribution in [3.63, 3.8) is 0 Å². The van der Waals surface area contributed by atoms with Gasteiger partial charge in [-0.3, -0.25) is 14.8 Å². The molecule has 0 bridgehead atoms. The van der Waals surface area contributed by atoms with Crippen LogP contribution >= 0.6 is 0 Å². The summed E-state index contributed by atoms with van der Waals surface area (Å²) < 4.78 is 63.5. The van der Waals surface area contributed by atoms with Gasteiger partial charge in [0.05, 0.1) is 17.3 Å². The quantitative estimate of drug-likeness (QED) is 0.777. The fourth-order valence-electron chi connectivity index (χ4n) is 3.00. The molecule has 1 aliphatic rings. The summed E-state index contributed by atoms with van der Waals surface area (Å²) in [5.74, 6) is -0.842. The van der Waals surface area contributed by atoms with E-state index < -0.39 is 27.1 Å². The zero-order valence-corrected chi connectivity index (χ0v) is 15.4. The molecule has 12 heteroatoms. The number of benzene rings is 1. The number of rotatable bonds is 5. The molecule has 1 fully saturated rings. The molecule has 0 atom stereocenters. The fourth-order valence-corrected chi connectivity index (χ4v) is 3.58. The fraction of sp³-hybridized carbons (Fsp3) is 0.438. The molecule has 0 spiro atoms. The zero-order valence-electron chi connectivity index (χ0n) is 14.6. The van der Waals surface area contributed by atoms with Gasteiger partial charge < -0.3 is 0 Å². The van der Waals surface area contributed by atoms with Gasteiger partial charge >= 0.3 is 15.5 Å². The molecule has 0 radical (unpaired) electrons. The number of nitrogens with zero attached hydrogens (tertiary/aromatic N) is 3. The second-order valence-corrected chi connectivity index (χ2v) is 8.06. The predicted molar refractivity (Wildman–Crippen MR) is 95.1 cm³/mol. The van der Waals surface area contributed by atoms with Gasteiger partial charge in [0.15, 0.2) is 0 Å². The second kappa shape index (κ2) is 7.78. The van der Waals surface area contributed by atoms with Crippen molar-refractivity contribution in [3.05, 3.63) is 36.2 Å². The molecule has 1 heterocycles. The maximum atomic E-state index is 12.6. The average Bonchev–Trinajstić information content (AvgIpc) is 3.10. The Hall–Kier alpha value is -2.63. The van der Waals surface area contributed by atoms with Crippen LogP contribution in [0.2, 0.25) is 0 Å². The lowest BCUT2D eigenvalue weighted by molar-refractivity contribution is -0.0429. The first-order valence-corrected chi connectivity index (χ1v) is 10.1. The summed E-state index contributed by atoms with van der Waals surface area (Å²) in [5, 5.41) is 6.58. The maximum absolute atomic E-state index is 12.6. The van der Waals surface area contributed by atoms with E-state index in [0.29, 0.717) is 0 Å². The van der Waals surface area contributed by atoms with E-state index in [9.17, 15) is 26.4 Å². The van der Waals surface area contributed by atoms with Crippen molar-refractivity contribution < 1.29 is 26.4 Å². The second-order valence-electron chi connectivity index (χ2n) is 6.39. The number of alkyl halides is 3. The number of carbonyl (C=O) groups excluding carboxylic acids is 1. The van der Waals surface area contributed by atoms with E-state index in [1.165, 1.54) is 35.7 Å². The summed E-state index contributed by atoms with van der Waals surface area (Å²) in [6.07, 6.45) is 6.73. The van der Waals surface area contributed by atoms with E-state index in [2.05, 4.69) is 15.4 Å². The molecule has 1 aromatic heterocycles. The van der Waals surface area contributed by atoms with Crippen LogP contribution in [0.5, 0.6) is 0 Å². The van der Waals surface area contributed by atoms with Crippen molar-refractivity contribution in [1.82, 2.24) is 14.8 Å². The van der Waals surface area contributed by atoms with Gasteiger partial charge in [-0.2, -0.15) is 21.6 Å². The van der Waals surface area contributed by atoms with Crippen LogP contribution in [0.25, 0.3) is 0 Å². The molecule has 1 aliphatic carbocycles. The average molecular weight is 417 g/mol. The lowest BCUT2D eigenvalue weighted by Gasteiger charge is -2.21. The molecular formula is C16H18F3N5O3S. The number of anilines is 2.